The van der Waals surface area contributed by atoms with E-state index in [2.05, 4.69) is 21.7 Å². The molecule has 5 rings (SSSR count). The number of carbonyl (C=O) groups excluding carboxylic acids is 1. The van der Waals surface area contributed by atoms with Crippen molar-refractivity contribution in [2.24, 2.45) is 0 Å². The minimum atomic E-state index is -0.981. The summed E-state index contributed by atoms with van der Waals surface area (Å²) in [5.74, 6) is -0.662. The summed E-state index contributed by atoms with van der Waals surface area (Å²) < 4.78 is 7.52. The Morgan fingerprint density at radius 1 is 1.05 bits per heavy atom. The summed E-state index contributed by atoms with van der Waals surface area (Å²) in [4.78, 5) is 30.2. The number of ether oxygens (including phenoxy) is 1. The number of carboxylic acids is 1. The van der Waals surface area contributed by atoms with E-state index in [9.17, 15) is 14.7 Å². The molecule has 2 aromatic carbocycles. The summed E-state index contributed by atoms with van der Waals surface area (Å²) in [7, 11) is 1.55. The summed E-state index contributed by atoms with van der Waals surface area (Å²) in [6.45, 7) is 5.46. The molecule has 0 saturated carbocycles. The van der Waals surface area contributed by atoms with Crippen molar-refractivity contribution in [2.75, 3.05) is 17.3 Å². The number of thiocarbonyl (C=S) groups is 1. The average molecular weight is 556 g/mol. The first-order valence-corrected chi connectivity index (χ1v) is 13.1. The number of aryl methyl sites for hydroxylation is 1. The van der Waals surface area contributed by atoms with Crippen LogP contribution in [0.4, 0.5) is 11.4 Å². The maximum Gasteiger partial charge on any atom is 0.335 e. The summed E-state index contributed by atoms with van der Waals surface area (Å²) in [6, 6.07) is 19.7. The van der Waals surface area contributed by atoms with Gasteiger partial charge in [-0.3, -0.25) is 9.78 Å². The van der Waals surface area contributed by atoms with Gasteiger partial charge in [0.25, 0.3) is 0 Å². The van der Waals surface area contributed by atoms with Crippen molar-refractivity contribution < 1.29 is 19.4 Å². The maximum atomic E-state index is 11.9. The molecule has 0 bridgehead atoms. The standard InChI is InChI=1S/C30H29N5O4S/c1-17-14-23(18(2)34(17)21-9-7-8-20(15-21)29(37)38)28-27(24-10-5-6-13-31-24)33-30(40)35(28)22-11-12-26(39-4)25(16-22)32-19(3)36/h5-16,27-28H,1-4H3,(H,32,36)(H,33,40)(H,37,38)/t27-,28-/m0/s1. The lowest BCUT2D eigenvalue weighted by atomic mass is 9.96. The third kappa shape index (κ3) is 4.89. The number of carbonyl (C=O) groups is 2. The van der Waals surface area contributed by atoms with Gasteiger partial charge in [0.05, 0.1) is 36.1 Å². The third-order valence-corrected chi connectivity index (χ3v) is 7.32. The molecule has 0 radical (unpaired) electrons. The lowest BCUT2D eigenvalue weighted by molar-refractivity contribution is -0.114. The largest absolute Gasteiger partial charge is 0.495 e. The van der Waals surface area contributed by atoms with Gasteiger partial charge in [0.15, 0.2) is 5.11 Å². The molecule has 1 saturated heterocycles. The Hall–Kier alpha value is -4.70. The summed E-state index contributed by atoms with van der Waals surface area (Å²) in [5, 5.41) is 16.4. The van der Waals surface area contributed by atoms with Gasteiger partial charge in [0.1, 0.15) is 5.75 Å². The van der Waals surface area contributed by atoms with Crippen LogP contribution in [-0.4, -0.2) is 38.8 Å². The number of benzene rings is 2. The van der Waals surface area contributed by atoms with E-state index in [0.29, 0.717) is 16.5 Å². The molecule has 10 heteroatoms. The topological polar surface area (TPSA) is 109 Å². The fraction of sp³-hybridized carbons (Fsp3) is 0.200. The zero-order valence-corrected chi connectivity index (χ0v) is 23.3. The van der Waals surface area contributed by atoms with E-state index in [4.69, 9.17) is 17.0 Å². The molecule has 2 aromatic heterocycles. The zero-order valence-electron chi connectivity index (χ0n) is 22.5. The van der Waals surface area contributed by atoms with E-state index in [1.807, 2.05) is 59.7 Å². The van der Waals surface area contributed by atoms with E-state index in [0.717, 1.165) is 34.0 Å². The van der Waals surface area contributed by atoms with Crippen LogP contribution in [0, 0.1) is 13.8 Å². The van der Waals surface area contributed by atoms with E-state index >= 15 is 0 Å². The Balaban J connectivity index is 1.68. The van der Waals surface area contributed by atoms with Gasteiger partial charge in [0.2, 0.25) is 5.91 Å². The highest BCUT2D eigenvalue weighted by Gasteiger charge is 2.42. The second kappa shape index (κ2) is 10.8. The molecular weight excluding hydrogens is 526 g/mol. The molecule has 9 nitrogen and oxygen atoms in total. The lowest BCUT2D eigenvalue weighted by Crippen LogP contribution is -2.29. The quantitative estimate of drug-likeness (QED) is 0.263. The number of hydrogen-bond acceptors (Lipinski definition) is 5. The van der Waals surface area contributed by atoms with E-state index in [1.54, 1.807) is 37.6 Å². The fourth-order valence-electron chi connectivity index (χ4n) is 5.34. The number of aromatic nitrogens is 2. The van der Waals surface area contributed by atoms with Crippen LogP contribution in [0.15, 0.2) is 72.9 Å². The Morgan fingerprint density at radius 2 is 1.85 bits per heavy atom. The maximum absolute atomic E-state index is 11.9. The number of aromatic carboxylic acids is 1. The molecule has 1 fully saturated rings. The normalized spacial score (nSPS) is 16.5. The number of nitrogens with one attached hydrogen (secondary N) is 2. The lowest BCUT2D eigenvalue weighted by Gasteiger charge is -2.29. The number of anilines is 2. The van der Waals surface area contributed by atoms with Crippen molar-refractivity contribution in [2.45, 2.75) is 32.9 Å². The number of rotatable bonds is 7. The van der Waals surface area contributed by atoms with Gasteiger partial charge in [-0.15, -0.1) is 0 Å². The molecule has 204 valence electrons. The molecule has 3 heterocycles. The molecule has 1 aliphatic rings. The highest BCUT2D eigenvalue weighted by Crippen LogP contribution is 2.45. The Bertz CT molecular complexity index is 1620. The van der Waals surface area contributed by atoms with Gasteiger partial charge in [-0.1, -0.05) is 12.1 Å². The second-order valence-electron chi connectivity index (χ2n) is 9.58. The van der Waals surface area contributed by atoms with Crippen LogP contribution in [0.1, 0.15) is 52.0 Å². The Labute approximate surface area is 237 Å². The van der Waals surface area contributed by atoms with Crippen molar-refractivity contribution >= 4 is 40.6 Å². The van der Waals surface area contributed by atoms with Crippen LogP contribution >= 0.6 is 12.2 Å². The molecule has 40 heavy (non-hydrogen) atoms. The van der Waals surface area contributed by atoms with Crippen molar-refractivity contribution in [1.82, 2.24) is 14.9 Å². The number of hydrogen-bond donors (Lipinski definition) is 3. The molecule has 4 aromatic rings. The predicted octanol–water partition coefficient (Wildman–Crippen LogP) is 5.33. The first kappa shape index (κ1) is 26.9. The van der Waals surface area contributed by atoms with Gasteiger partial charge < -0.3 is 29.9 Å². The number of pyridine rings is 1. The van der Waals surface area contributed by atoms with Crippen LogP contribution in [0.25, 0.3) is 5.69 Å². The number of methoxy groups -OCH3 is 1. The van der Waals surface area contributed by atoms with Gasteiger partial charge in [-0.05, 0) is 86.2 Å². The minimum absolute atomic E-state index is 0.215. The van der Waals surface area contributed by atoms with Crippen molar-refractivity contribution in [1.29, 1.82) is 0 Å². The monoisotopic (exact) mass is 555 g/mol. The summed E-state index contributed by atoms with van der Waals surface area (Å²) in [5.41, 5.74) is 5.98. The van der Waals surface area contributed by atoms with Gasteiger partial charge in [-0.25, -0.2) is 4.79 Å². The molecular formula is C30H29N5O4S. The van der Waals surface area contributed by atoms with Crippen molar-refractivity contribution in [3.63, 3.8) is 0 Å². The van der Waals surface area contributed by atoms with Gasteiger partial charge >= 0.3 is 5.97 Å². The summed E-state index contributed by atoms with van der Waals surface area (Å²) >= 11 is 5.89. The van der Waals surface area contributed by atoms with Crippen molar-refractivity contribution in [3.8, 4) is 11.4 Å². The first-order chi connectivity index (χ1) is 19.2. The first-order valence-electron chi connectivity index (χ1n) is 12.7. The Morgan fingerprint density at radius 3 is 2.52 bits per heavy atom. The van der Waals surface area contributed by atoms with E-state index < -0.39 is 5.97 Å². The van der Waals surface area contributed by atoms with Crippen LogP contribution in [0.2, 0.25) is 0 Å². The fourth-order valence-corrected chi connectivity index (χ4v) is 5.69. The Kier molecular flexibility index (Phi) is 7.27. The van der Waals surface area contributed by atoms with Gasteiger partial charge in [0, 0.05) is 35.9 Å². The highest BCUT2D eigenvalue weighted by molar-refractivity contribution is 7.80. The smallest absolute Gasteiger partial charge is 0.335 e. The van der Waals surface area contributed by atoms with E-state index in [-0.39, 0.29) is 23.6 Å². The molecule has 1 amide bonds. The third-order valence-electron chi connectivity index (χ3n) is 7.01. The van der Waals surface area contributed by atoms with Crippen LogP contribution < -0.4 is 20.3 Å². The van der Waals surface area contributed by atoms with E-state index in [1.165, 1.54) is 6.92 Å². The predicted molar refractivity (Wildman–Crippen MR) is 157 cm³/mol. The molecule has 3 N–H and O–H groups in total. The zero-order chi connectivity index (χ0) is 28.6. The van der Waals surface area contributed by atoms with Crippen molar-refractivity contribution in [3.05, 3.63) is 101 Å². The number of nitrogens with zero attached hydrogens (tertiary/aromatic N) is 3. The summed E-state index contributed by atoms with van der Waals surface area (Å²) in [6.07, 6.45) is 1.75. The van der Waals surface area contributed by atoms with Crippen LogP contribution in [0.5, 0.6) is 5.75 Å². The SMILES string of the molecule is COc1ccc(N2C(=S)N[C@@H](c3ccccn3)[C@@H]2c2cc(C)n(-c3cccc(C(=O)O)c3)c2C)cc1NC(C)=O. The number of carboxylic acid groups (broad SMARTS) is 1. The molecule has 0 unspecified atom stereocenters. The average Bonchev–Trinajstić information content (AvgIpc) is 3.43. The molecule has 2 atom stereocenters. The molecule has 0 aliphatic carbocycles. The minimum Gasteiger partial charge on any atom is -0.495 e. The second-order valence-corrected chi connectivity index (χ2v) is 9.97. The highest BCUT2D eigenvalue weighted by atomic mass is 32.1. The number of amides is 1. The van der Waals surface area contributed by atoms with Crippen LogP contribution in [-0.2, 0) is 4.79 Å². The molecule has 0 spiro atoms. The molecule has 1 aliphatic heterocycles. The van der Waals surface area contributed by atoms with Crippen LogP contribution in [0.3, 0.4) is 0 Å². The van der Waals surface area contributed by atoms with Gasteiger partial charge in [-0.2, -0.15) is 0 Å².